The van der Waals surface area contributed by atoms with Crippen LogP contribution < -0.4 is 0 Å². The van der Waals surface area contributed by atoms with Crippen molar-refractivity contribution in [3.05, 3.63) is 134 Å². The van der Waals surface area contributed by atoms with E-state index in [0.717, 1.165) is 116 Å². The Kier molecular flexibility index (Phi) is 56.0. The average Bonchev–Trinajstić information content (AvgIpc) is 3.36. The normalized spacial score (nSPS) is 13.2. The molecule has 1 atom stereocenters. The molecule has 396 valence electrons. The Morgan fingerprint density at radius 3 is 0.929 bits per heavy atom. The quantitative estimate of drug-likeness (QED) is 0.0374. The highest BCUT2D eigenvalue weighted by atomic mass is 16.6. The molecule has 0 fully saturated rings. The lowest BCUT2D eigenvalue weighted by Crippen LogP contribution is -2.28. The summed E-state index contributed by atoms with van der Waals surface area (Å²) in [6.07, 6.45) is 88.4. The Hall–Kier alpha value is -3.96. The lowest BCUT2D eigenvalue weighted by molar-refractivity contribution is -0.161. The predicted octanol–water partition coefficient (Wildman–Crippen LogP) is 19.6. The van der Waals surface area contributed by atoms with Gasteiger partial charge in [-0.2, -0.15) is 0 Å². The van der Waals surface area contributed by atoms with E-state index < -0.39 is 6.10 Å². The molecule has 0 aliphatic carbocycles. The summed E-state index contributed by atoms with van der Waals surface area (Å²) in [5, 5.41) is 9.66. The fraction of sp³-hybridized carbons (Fsp3) is 0.631. The van der Waals surface area contributed by atoms with Crippen LogP contribution in [0.2, 0.25) is 0 Å². The molecule has 0 heterocycles. The largest absolute Gasteiger partial charge is 0.462 e. The molecule has 5 heteroatoms. The molecule has 1 unspecified atom stereocenters. The van der Waals surface area contributed by atoms with E-state index >= 15 is 0 Å². The highest BCUT2D eigenvalue weighted by Crippen LogP contribution is 2.14. The summed E-state index contributed by atoms with van der Waals surface area (Å²) < 4.78 is 10.7. The minimum absolute atomic E-state index is 0.0855. The Morgan fingerprint density at radius 2 is 0.614 bits per heavy atom. The molecular weight excluding hydrogens is 861 g/mol. The van der Waals surface area contributed by atoms with Crippen LogP contribution in [-0.4, -0.2) is 36.4 Å². The van der Waals surface area contributed by atoms with E-state index in [-0.39, 0.29) is 25.2 Å². The molecule has 0 aliphatic heterocycles. The Balaban J connectivity index is 3.61. The molecule has 0 spiro atoms. The van der Waals surface area contributed by atoms with Gasteiger partial charge in [0.15, 0.2) is 6.10 Å². The van der Waals surface area contributed by atoms with Gasteiger partial charge >= 0.3 is 11.9 Å². The van der Waals surface area contributed by atoms with Gasteiger partial charge in [0, 0.05) is 12.8 Å². The minimum atomic E-state index is -0.798. The van der Waals surface area contributed by atoms with E-state index in [1.807, 2.05) is 0 Å². The van der Waals surface area contributed by atoms with Crippen LogP contribution in [0.4, 0.5) is 0 Å². The van der Waals surface area contributed by atoms with Gasteiger partial charge in [-0.25, -0.2) is 0 Å². The zero-order valence-corrected chi connectivity index (χ0v) is 45.2. The number of esters is 2. The molecule has 0 saturated carbocycles. The third-order valence-corrected chi connectivity index (χ3v) is 11.9. The van der Waals surface area contributed by atoms with Crippen molar-refractivity contribution in [2.75, 3.05) is 13.2 Å². The van der Waals surface area contributed by atoms with Crippen LogP contribution in [0, 0.1) is 0 Å². The van der Waals surface area contributed by atoms with Crippen molar-refractivity contribution in [2.45, 2.75) is 251 Å². The maximum absolute atomic E-state index is 12.3. The zero-order valence-electron chi connectivity index (χ0n) is 45.2. The summed E-state index contributed by atoms with van der Waals surface area (Å²) in [6.45, 7) is 3.99. The number of carbonyl (C=O) groups excluding carboxylic acids is 2. The van der Waals surface area contributed by atoms with Crippen LogP contribution >= 0.6 is 0 Å². The second-order valence-corrected chi connectivity index (χ2v) is 18.6. The molecule has 0 aromatic heterocycles. The van der Waals surface area contributed by atoms with Crippen molar-refractivity contribution < 1.29 is 24.2 Å². The fourth-order valence-electron chi connectivity index (χ4n) is 7.64. The van der Waals surface area contributed by atoms with Gasteiger partial charge < -0.3 is 14.6 Å². The summed E-state index contributed by atoms with van der Waals surface area (Å²) in [4.78, 5) is 24.5. The number of hydrogen-bond donors (Lipinski definition) is 1. The van der Waals surface area contributed by atoms with Crippen LogP contribution in [0.1, 0.15) is 245 Å². The van der Waals surface area contributed by atoms with Crippen molar-refractivity contribution in [3.8, 4) is 0 Å². The zero-order chi connectivity index (χ0) is 50.6. The first kappa shape index (κ1) is 66.0. The van der Waals surface area contributed by atoms with E-state index in [0.29, 0.717) is 12.8 Å². The molecule has 0 amide bonds. The molecule has 0 rings (SSSR count). The third kappa shape index (κ3) is 56.6. The van der Waals surface area contributed by atoms with Crippen molar-refractivity contribution >= 4 is 11.9 Å². The molecule has 0 aromatic rings. The second-order valence-electron chi connectivity index (χ2n) is 18.6. The first-order valence-electron chi connectivity index (χ1n) is 28.7. The summed E-state index contributed by atoms with van der Waals surface area (Å²) in [5.41, 5.74) is 0. The SMILES string of the molecule is CC/C=C\C/C=C\C/C=C\C/C=C\C/C=C\C/C=C\C/C=C\C/C=C\CCCCCCC(=O)OC(CO)COC(=O)CCCCCCCCCCCCCC/C=C\C/C=C\C/C=C\CCCCCCC. The smallest absolute Gasteiger partial charge is 0.306 e. The van der Waals surface area contributed by atoms with Gasteiger partial charge in [-0.3, -0.25) is 9.59 Å². The summed E-state index contributed by atoms with van der Waals surface area (Å²) in [5.74, 6) is -0.628. The van der Waals surface area contributed by atoms with E-state index in [1.165, 1.54) is 103 Å². The Bertz CT molecular complexity index is 1470. The van der Waals surface area contributed by atoms with E-state index in [9.17, 15) is 14.7 Å². The van der Waals surface area contributed by atoms with Crippen molar-refractivity contribution in [2.24, 2.45) is 0 Å². The van der Waals surface area contributed by atoms with Gasteiger partial charge in [0.1, 0.15) is 6.61 Å². The molecule has 0 aromatic carbocycles. The summed E-state index contributed by atoms with van der Waals surface area (Å²) in [6, 6.07) is 0. The van der Waals surface area contributed by atoms with Crippen LogP contribution in [0.25, 0.3) is 0 Å². The maximum Gasteiger partial charge on any atom is 0.306 e. The van der Waals surface area contributed by atoms with Gasteiger partial charge in [0.25, 0.3) is 0 Å². The molecule has 0 radical (unpaired) electrons. The van der Waals surface area contributed by atoms with E-state index in [4.69, 9.17) is 9.47 Å². The highest BCUT2D eigenvalue weighted by Gasteiger charge is 2.16. The number of rotatable bonds is 51. The first-order chi connectivity index (χ1) is 34.6. The average molecular weight is 968 g/mol. The van der Waals surface area contributed by atoms with Gasteiger partial charge in [0.05, 0.1) is 6.61 Å². The van der Waals surface area contributed by atoms with Crippen LogP contribution in [0.15, 0.2) is 134 Å². The minimum Gasteiger partial charge on any atom is -0.462 e. The molecule has 0 bridgehead atoms. The number of aliphatic hydroxyl groups is 1. The van der Waals surface area contributed by atoms with Gasteiger partial charge in [-0.05, 0) is 116 Å². The van der Waals surface area contributed by atoms with Crippen molar-refractivity contribution in [1.82, 2.24) is 0 Å². The number of carbonyl (C=O) groups is 2. The highest BCUT2D eigenvalue weighted by molar-refractivity contribution is 5.70. The van der Waals surface area contributed by atoms with Crippen LogP contribution in [0.3, 0.4) is 0 Å². The number of ether oxygens (including phenoxy) is 2. The van der Waals surface area contributed by atoms with Crippen LogP contribution in [-0.2, 0) is 19.1 Å². The summed E-state index contributed by atoms with van der Waals surface area (Å²) in [7, 11) is 0. The fourth-order valence-corrected chi connectivity index (χ4v) is 7.64. The number of allylic oxidation sites excluding steroid dienone is 22. The van der Waals surface area contributed by atoms with Gasteiger partial charge in [0.2, 0.25) is 0 Å². The molecule has 0 aliphatic rings. The van der Waals surface area contributed by atoms with E-state index in [1.54, 1.807) is 0 Å². The maximum atomic E-state index is 12.3. The Labute approximate surface area is 432 Å². The lowest BCUT2D eigenvalue weighted by Gasteiger charge is -2.15. The lowest BCUT2D eigenvalue weighted by atomic mass is 10.0. The van der Waals surface area contributed by atoms with Crippen molar-refractivity contribution in [3.63, 3.8) is 0 Å². The monoisotopic (exact) mass is 967 g/mol. The number of hydrogen-bond acceptors (Lipinski definition) is 5. The van der Waals surface area contributed by atoms with Gasteiger partial charge in [-0.15, -0.1) is 0 Å². The van der Waals surface area contributed by atoms with E-state index in [2.05, 4.69) is 148 Å². The van der Waals surface area contributed by atoms with Crippen molar-refractivity contribution in [1.29, 1.82) is 0 Å². The molecule has 0 saturated heterocycles. The second kappa shape index (κ2) is 59.3. The predicted molar refractivity (Wildman–Crippen MR) is 306 cm³/mol. The molecular formula is C65H106O5. The number of unbranched alkanes of at least 4 members (excludes halogenated alkanes) is 21. The topological polar surface area (TPSA) is 72.8 Å². The summed E-state index contributed by atoms with van der Waals surface area (Å²) >= 11 is 0. The molecule has 5 nitrogen and oxygen atoms in total. The third-order valence-electron chi connectivity index (χ3n) is 11.9. The molecule has 70 heavy (non-hydrogen) atoms. The van der Waals surface area contributed by atoms with Crippen LogP contribution in [0.5, 0.6) is 0 Å². The van der Waals surface area contributed by atoms with Gasteiger partial charge in [-0.1, -0.05) is 250 Å². The standard InChI is InChI=1S/C65H106O5/c1-3-5-7-9-11-13-15-17-19-21-23-25-27-29-31-32-34-36-38-40-42-44-46-48-50-52-54-56-58-60-65(68)70-63(61-66)62-69-64(67)59-57-55-53-51-49-47-45-43-41-39-37-35-33-30-28-26-24-22-20-18-16-14-12-10-8-6-4-2/h5,7,11,13,16-19,22-25,28-31,34,36,40,42,46,48,63,66H,3-4,6,8-10,12,14-15,20-21,26-27,32-33,35,37-39,41,43-45,47,49-62H2,1-2H3/b7-5-,13-11-,18-16-,19-17-,24-22-,25-23-,30-28-,31-29-,36-34-,42-40-,48-46-. The Morgan fingerprint density at radius 1 is 0.343 bits per heavy atom. The number of aliphatic hydroxyl groups excluding tert-OH is 1. The first-order valence-corrected chi connectivity index (χ1v) is 28.7. The molecule has 1 N–H and O–H groups in total.